The van der Waals surface area contributed by atoms with E-state index < -0.39 is 24.4 Å². The van der Waals surface area contributed by atoms with Gasteiger partial charge in [0.25, 0.3) is 5.91 Å². The summed E-state index contributed by atoms with van der Waals surface area (Å²) in [4.78, 5) is 15.8. The fourth-order valence-corrected chi connectivity index (χ4v) is 3.29. The molecule has 0 saturated carbocycles. The van der Waals surface area contributed by atoms with Crippen LogP contribution in [0.4, 0.5) is 13.2 Å². The molecule has 0 unspecified atom stereocenters. The van der Waals surface area contributed by atoms with E-state index in [9.17, 15) is 18.0 Å². The largest absolute Gasteiger partial charge is 0.471 e. The van der Waals surface area contributed by atoms with Gasteiger partial charge in [0, 0.05) is 11.1 Å². The number of ether oxygens (including phenoxy) is 2. The van der Waals surface area contributed by atoms with E-state index in [2.05, 4.69) is 9.72 Å². The Kier molecular flexibility index (Phi) is 5.88. The zero-order valence-electron chi connectivity index (χ0n) is 15.5. The van der Waals surface area contributed by atoms with Crippen molar-refractivity contribution in [3.8, 4) is 17.0 Å². The van der Waals surface area contributed by atoms with Gasteiger partial charge in [0.1, 0.15) is 17.6 Å². The average Bonchev–Trinajstić information content (AvgIpc) is 2.65. The standard InChI is InChI=1S/C20H21F3N2O3/c1-3-11-4-5-12(15(21)7-11)13-8-16(18(24)26)25-19-14(13)6-10(2)17(28-19)9-27-20(22)23/h4-5,7-8,10,17,20H,3,6,9H2,1-2H3,(H2,24,26)/t10-,17-/m0/s1. The number of nitrogens with zero attached hydrogens (tertiary/aromatic N) is 1. The van der Waals surface area contributed by atoms with Gasteiger partial charge >= 0.3 is 6.61 Å². The first kappa shape index (κ1) is 20.1. The molecule has 0 saturated heterocycles. The van der Waals surface area contributed by atoms with Gasteiger partial charge in [0.2, 0.25) is 5.88 Å². The van der Waals surface area contributed by atoms with E-state index in [-0.39, 0.29) is 24.1 Å². The predicted octanol–water partition coefficient (Wildman–Crippen LogP) is 3.73. The molecule has 5 nitrogen and oxygen atoms in total. The number of halogens is 3. The number of hydrogen-bond donors (Lipinski definition) is 1. The van der Waals surface area contributed by atoms with Crippen molar-refractivity contribution in [1.82, 2.24) is 4.98 Å². The molecule has 2 heterocycles. The van der Waals surface area contributed by atoms with Crippen LogP contribution in [0.1, 0.15) is 35.5 Å². The molecule has 2 aromatic rings. The number of fused-ring (bicyclic) bond motifs is 1. The Morgan fingerprint density at radius 1 is 1.36 bits per heavy atom. The number of carbonyl (C=O) groups excluding carboxylic acids is 1. The molecule has 3 rings (SSSR count). The predicted molar refractivity (Wildman–Crippen MR) is 96.8 cm³/mol. The summed E-state index contributed by atoms with van der Waals surface area (Å²) in [6.07, 6.45) is 0.421. The van der Waals surface area contributed by atoms with Gasteiger partial charge in [-0.25, -0.2) is 9.37 Å². The van der Waals surface area contributed by atoms with Crippen molar-refractivity contribution in [1.29, 1.82) is 0 Å². The van der Waals surface area contributed by atoms with Crippen molar-refractivity contribution >= 4 is 5.91 Å². The second-order valence-electron chi connectivity index (χ2n) is 6.80. The molecule has 0 bridgehead atoms. The van der Waals surface area contributed by atoms with Crippen LogP contribution in [0.3, 0.4) is 0 Å². The highest BCUT2D eigenvalue weighted by Gasteiger charge is 2.32. The molecule has 2 N–H and O–H groups in total. The summed E-state index contributed by atoms with van der Waals surface area (Å²) in [5.74, 6) is -1.31. The topological polar surface area (TPSA) is 74.4 Å². The molecule has 1 aliphatic rings. The van der Waals surface area contributed by atoms with E-state index in [1.807, 2.05) is 19.9 Å². The summed E-state index contributed by atoms with van der Waals surface area (Å²) in [7, 11) is 0. The number of alkyl halides is 2. The zero-order chi connectivity index (χ0) is 20.4. The molecule has 150 valence electrons. The highest BCUT2D eigenvalue weighted by atomic mass is 19.3. The first-order chi connectivity index (χ1) is 13.3. The molecule has 28 heavy (non-hydrogen) atoms. The number of pyridine rings is 1. The Morgan fingerprint density at radius 3 is 2.71 bits per heavy atom. The number of aromatic nitrogens is 1. The number of hydrogen-bond acceptors (Lipinski definition) is 4. The van der Waals surface area contributed by atoms with Crippen LogP contribution in [-0.2, 0) is 17.6 Å². The van der Waals surface area contributed by atoms with Gasteiger partial charge in [0.15, 0.2) is 0 Å². The van der Waals surface area contributed by atoms with E-state index in [4.69, 9.17) is 10.5 Å². The molecule has 0 radical (unpaired) electrons. The molecule has 0 spiro atoms. The average molecular weight is 394 g/mol. The van der Waals surface area contributed by atoms with E-state index in [0.717, 1.165) is 5.56 Å². The van der Waals surface area contributed by atoms with Crippen LogP contribution in [0, 0.1) is 11.7 Å². The highest BCUT2D eigenvalue weighted by Crippen LogP contribution is 2.38. The van der Waals surface area contributed by atoms with E-state index in [1.54, 1.807) is 6.07 Å². The van der Waals surface area contributed by atoms with Gasteiger partial charge in [-0.15, -0.1) is 0 Å². The molecule has 0 aliphatic carbocycles. The van der Waals surface area contributed by atoms with Crippen LogP contribution in [0.15, 0.2) is 24.3 Å². The lowest BCUT2D eigenvalue weighted by atomic mass is 9.88. The van der Waals surface area contributed by atoms with Gasteiger partial charge in [-0.05, 0) is 42.0 Å². The lowest BCUT2D eigenvalue weighted by Crippen LogP contribution is -2.36. The lowest BCUT2D eigenvalue weighted by Gasteiger charge is -2.32. The Bertz CT molecular complexity index is 889. The van der Waals surface area contributed by atoms with Crippen molar-refractivity contribution in [3.63, 3.8) is 0 Å². The molecule has 1 aromatic carbocycles. The third-order valence-electron chi connectivity index (χ3n) is 4.88. The summed E-state index contributed by atoms with van der Waals surface area (Å²) >= 11 is 0. The van der Waals surface area contributed by atoms with E-state index in [0.29, 0.717) is 29.5 Å². The van der Waals surface area contributed by atoms with Gasteiger partial charge in [0.05, 0.1) is 6.61 Å². The normalized spacial score (nSPS) is 18.6. The zero-order valence-corrected chi connectivity index (χ0v) is 15.5. The lowest BCUT2D eigenvalue weighted by molar-refractivity contribution is -0.150. The molecule has 2 atom stereocenters. The third kappa shape index (κ3) is 4.11. The SMILES string of the molecule is CCc1ccc(-c2cc(C(N)=O)nc3c2C[C@H](C)[C@H](COC(F)F)O3)c(F)c1. The number of carbonyl (C=O) groups is 1. The van der Waals surface area contributed by atoms with Crippen LogP contribution >= 0.6 is 0 Å². The van der Waals surface area contributed by atoms with E-state index in [1.165, 1.54) is 12.1 Å². The van der Waals surface area contributed by atoms with Crippen molar-refractivity contribution in [2.75, 3.05) is 6.61 Å². The van der Waals surface area contributed by atoms with Gasteiger partial charge in [-0.2, -0.15) is 8.78 Å². The Morgan fingerprint density at radius 2 is 2.11 bits per heavy atom. The summed E-state index contributed by atoms with van der Waals surface area (Å²) in [6, 6.07) is 6.34. The fourth-order valence-electron chi connectivity index (χ4n) is 3.29. The monoisotopic (exact) mass is 394 g/mol. The van der Waals surface area contributed by atoms with Crippen LogP contribution in [-0.4, -0.2) is 30.2 Å². The van der Waals surface area contributed by atoms with Crippen LogP contribution in [0.25, 0.3) is 11.1 Å². The van der Waals surface area contributed by atoms with Crippen molar-refractivity contribution in [3.05, 3.63) is 46.9 Å². The highest BCUT2D eigenvalue weighted by molar-refractivity contribution is 5.93. The number of primary amides is 1. The summed E-state index contributed by atoms with van der Waals surface area (Å²) < 4.78 is 49.6. The number of amides is 1. The maximum Gasteiger partial charge on any atom is 0.345 e. The molecule has 8 heteroatoms. The van der Waals surface area contributed by atoms with Gasteiger partial charge < -0.3 is 15.2 Å². The summed E-state index contributed by atoms with van der Waals surface area (Å²) in [6.45, 7) is 0.509. The number of aryl methyl sites for hydroxylation is 1. The minimum atomic E-state index is -2.91. The minimum absolute atomic E-state index is 0.0872. The van der Waals surface area contributed by atoms with Crippen LogP contribution in [0.5, 0.6) is 5.88 Å². The molecule has 1 aliphatic heterocycles. The van der Waals surface area contributed by atoms with Gasteiger partial charge in [-0.1, -0.05) is 26.0 Å². The summed E-state index contributed by atoms with van der Waals surface area (Å²) in [5.41, 5.74) is 7.48. The number of rotatable bonds is 6. The Balaban J connectivity index is 2.06. The van der Waals surface area contributed by atoms with Crippen molar-refractivity contribution in [2.45, 2.75) is 39.4 Å². The fraction of sp³-hybridized carbons (Fsp3) is 0.400. The molecule has 0 fully saturated rings. The second kappa shape index (κ2) is 8.18. The maximum atomic E-state index is 14.7. The van der Waals surface area contributed by atoms with Crippen LogP contribution < -0.4 is 10.5 Å². The van der Waals surface area contributed by atoms with Crippen LogP contribution in [0.2, 0.25) is 0 Å². The quantitative estimate of drug-likeness (QED) is 0.810. The first-order valence-electron chi connectivity index (χ1n) is 8.99. The maximum absolute atomic E-state index is 14.7. The number of nitrogens with two attached hydrogens (primary N) is 1. The van der Waals surface area contributed by atoms with E-state index >= 15 is 0 Å². The molecule has 1 amide bonds. The third-order valence-corrected chi connectivity index (χ3v) is 4.88. The second-order valence-corrected chi connectivity index (χ2v) is 6.80. The first-order valence-corrected chi connectivity index (χ1v) is 8.99. The van der Waals surface area contributed by atoms with Crippen molar-refractivity contribution in [2.24, 2.45) is 11.7 Å². The molecule has 1 aromatic heterocycles. The smallest absolute Gasteiger partial charge is 0.345 e. The Labute approximate surface area is 160 Å². The summed E-state index contributed by atoms with van der Waals surface area (Å²) in [5, 5.41) is 0. The van der Waals surface area contributed by atoms with Gasteiger partial charge in [-0.3, -0.25) is 4.79 Å². The number of benzene rings is 1. The minimum Gasteiger partial charge on any atom is -0.471 e. The molecular weight excluding hydrogens is 373 g/mol. The Hall–Kier alpha value is -2.61. The molecular formula is C20H21F3N2O3. The van der Waals surface area contributed by atoms with Crippen molar-refractivity contribution < 1.29 is 27.4 Å².